The summed E-state index contributed by atoms with van der Waals surface area (Å²) in [7, 11) is 0. The first-order valence-corrected chi connectivity index (χ1v) is 9.24. The van der Waals surface area contributed by atoms with E-state index in [9.17, 15) is 4.79 Å². The van der Waals surface area contributed by atoms with Crippen molar-refractivity contribution in [1.29, 1.82) is 0 Å². The molecule has 3 rings (SSSR count). The van der Waals surface area contributed by atoms with Crippen LogP contribution in [-0.2, 0) is 16.1 Å². The molecule has 0 aliphatic carbocycles. The fraction of sp³-hybridized carbons (Fsp3) is 0.500. The van der Waals surface area contributed by atoms with Gasteiger partial charge in [0.25, 0.3) is 0 Å². The van der Waals surface area contributed by atoms with Gasteiger partial charge in [-0.1, -0.05) is 25.1 Å². The van der Waals surface area contributed by atoms with Gasteiger partial charge in [0.05, 0.1) is 19.3 Å². The van der Waals surface area contributed by atoms with Crippen molar-refractivity contribution < 1.29 is 14.3 Å². The molecule has 1 saturated heterocycles. The Morgan fingerprint density at radius 1 is 1.46 bits per heavy atom. The molecular weight excluding hydrogens is 330 g/mol. The number of benzene rings is 1. The molecule has 1 aliphatic heterocycles. The zero-order valence-corrected chi connectivity index (χ0v) is 15.5. The molecule has 1 amide bonds. The molecule has 6 heteroatoms. The van der Waals surface area contributed by atoms with E-state index in [1.807, 2.05) is 43.6 Å². The van der Waals surface area contributed by atoms with Gasteiger partial charge >= 0.3 is 0 Å². The van der Waals surface area contributed by atoms with Gasteiger partial charge in [0.2, 0.25) is 5.91 Å². The third-order valence-corrected chi connectivity index (χ3v) is 4.73. The predicted octanol–water partition coefficient (Wildman–Crippen LogP) is 2.67. The van der Waals surface area contributed by atoms with Gasteiger partial charge in [-0.05, 0) is 37.0 Å². The number of aryl methyl sites for hydroxylation is 1. The minimum absolute atomic E-state index is 0.0520. The summed E-state index contributed by atoms with van der Waals surface area (Å²) in [5, 5.41) is 7.25. The molecule has 1 N–H and O–H groups in total. The molecule has 0 saturated carbocycles. The average Bonchev–Trinajstić information content (AvgIpc) is 3.31. The lowest BCUT2D eigenvalue weighted by Crippen LogP contribution is -2.36. The first-order chi connectivity index (χ1) is 12.7. The first kappa shape index (κ1) is 18.5. The number of nitrogens with one attached hydrogen (secondary N) is 1. The number of ether oxygens (including phenoxy) is 2. The van der Waals surface area contributed by atoms with Gasteiger partial charge in [0, 0.05) is 18.7 Å². The minimum Gasteiger partial charge on any atom is -0.488 e. The Balaban J connectivity index is 1.47. The SMILES string of the molecule is CCC(CNC(=O)Cn1cc(C2CCOC2)cn1)Oc1ccccc1C. The molecule has 2 aromatic rings. The predicted molar refractivity (Wildman–Crippen MR) is 99.3 cm³/mol. The van der Waals surface area contributed by atoms with Crippen molar-refractivity contribution in [2.24, 2.45) is 0 Å². The Hall–Kier alpha value is -2.34. The van der Waals surface area contributed by atoms with E-state index in [1.54, 1.807) is 4.68 Å². The zero-order chi connectivity index (χ0) is 18.4. The van der Waals surface area contributed by atoms with Crippen LogP contribution in [0.3, 0.4) is 0 Å². The maximum atomic E-state index is 12.2. The molecule has 1 aromatic carbocycles. The van der Waals surface area contributed by atoms with E-state index in [-0.39, 0.29) is 18.6 Å². The van der Waals surface area contributed by atoms with Gasteiger partial charge < -0.3 is 14.8 Å². The Kier molecular flexibility index (Phi) is 6.28. The van der Waals surface area contributed by atoms with Crippen molar-refractivity contribution in [3.8, 4) is 5.75 Å². The van der Waals surface area contributed by atoms with E-state index in [4.69, 9.17) is 9.47 Å². The quantitative estimate of drug-likeness (QED) is 0.789. The zero-order valence-electron chi connectivity index (χ0n) is 15.5. The molecule has 1 aliphatic rings. The fourth-order valence-corrected chi connectivity index (χ4v) is 3.04. The van der Waals surface area contributed by atoms with E-state index >= 15 is 0 Å². The fourth-order valence-electron chi connectivity index (χ4n) is 3.04. The van der Waals surface area contributed by atoms with Crippen molar-refractivity contribution in [2.45, 2.75) is 45.3 Å². The molecule has 0 radical (unpaired) electrons. The van der Waals surface area contributed by atoms with Gasteiger partial charge in [-0.3, -0.25) is 9.48 Å². The number of aromatic nitrogens is 2. The topological polar surface area (TPSA) is 65.4 Å². The standard InChI is InChI=1S/C20H27N3O3/c1-3-18(26-19-7-5-4-6-15(19)2)11-21-20(24)13-23-12-17(10-22-23)16-8-9-25-14-16/h4-7,10,12,16,18H,3,8-9,11,13-14H2,1-2H3,(H,21,24). The monoisotopic (exact) mass is 357 g/mol. The third-order valence-electron chi connectivity index (χ3n) is 4.73. The highest BCUT2D eigenvalue weighted by Gasteiger charge is 2.19. The Morgan fingerprint density at radius 3 is 3.04 bits per heavy atom. The minimum atomic E-state index is -0.0610. The van der Waals surface area contributed by atoms with Crippen molar-refractivity contribution in [1.82, 2.24) is 15.1 Å². The largest absolute Gasteiger partial charge is 0.488 e. The van der Waals surface area contributed by atoms with Gasteiger partial charge in [0.15, 0.2) is 0 Å². The van der Waals surface area contributed by atoms with Crippen LogP contribution in [0.5, 0.6) is 5.75 Å². The number of rotatable bonds is 8. The number of hydrogen-bond donors (Lipinski definition) is 1. The number of carbonyl (C=O) groups is 1. The summed E-state index contributed by atoms with van der Waals surface area (Å²) < 4.78 is 13.1. The third kappa shape index (κ3) is 4.85. The number of amides is 1. The van der Waals surface area contributed by atoms with E-state index in [0.29, 0.717) is 12.5 Å². The number of hydrogen-bond acceptors (Lipinski definition) is 4. The summed E-state index contributed by atoms with van der Waals surface area (Å²) in [4.78, 5) is 12.2. The van der Waals surface area contributed by atoms with Crippen LogP contribution in [0.15, 0.2) is 36.7 Å². The van der Waals surface area contributed by atoms with Crippen LogP contribution in [0.25, 0.3) is 0 Å². The second kappa shape index (κ2) is 8.85. The lowest BCUT2D eigenvalue weighted by atomic mass is 10.0. The van der Waals surface area contributed by atoms with Gasteiger partial charge in [0.1, 0.15) is 18.4 Å². The van der Waals surface area contributed by atoms with Crippen LogP contribution in [0.4, 0.5) is 0 Å². The number of carbonyl (C=O) groups excluding carboxylic acids is 1. The van der Waals surface area contributed by atoms with Gasteiger partial charge in [-0.15, -0.1) is 0 Å². The van der Waals surface area contributed by atoms with Crippen molar-refractivity contribution in [3.63, 3.8) is 0 Å². The molecule has 0 bridgehead atoms. The number of nitrogens with zero attached hydrogens (tertiary/aromatic N) is 2. The maximum absolute atomic E-state index is 12.2. The lowest BCUT2D eigenvalue weighted by Gasteiger charge is -2.19. The van der Waals surface area contributed by atoms with Crippen LogP contribution in [-0.4, -0.2) is 41.6 Å². The molecule has 26 heavy (non-hydrogen) atoms. The van der Waals surface area contributed by atoms with Crippen molar-refractivity contribution >= 4 is 5.91 Å². The molecule has 2 unspecified atom stereocenters. The molecule has 2 atom stereocenters. The molecule has 1 fully saturated rings. The highest BCUT2D eigenvalue weighted by Crippen LogP contribution is 2.24. The van der Waals surface area contributed by atoms with Gasteiger partial charge in [-0.2, -0.15) is 5.10 Å². The van der Waals surface area contributed by atoms with Crippen LogP contribution >= 0.6 is 0 Å². The molecule has 1 aromatic heterocycles. The van der Waals surface area contributed by atoms with E-state index < -0.39 is 0 Å². The maximum Gasteiger partial charge on any atom is 0.241 e. The van der Waals surface area contributed by atoms with E-state index in [1.165, 1.54) is 0 Å². The molecule has 6 nitrogen and oxygen atoms in total. The highest BCUT2D eigenvalue weighted by molar-refractivity contribution is 5.75. The summed E-state index contributed by atoms with van der Waals surface area (Å²) in [5.74, 6) is 1.21. The molecule has 0 spiro atoms. The smallest absolute Gasteiger partial charge is 0.241 e. The molecular formula is C20H27N3O3. The summed E-state index contributed by atoms with van der Waals surface area (Å²) in [6.45, 7) is 6.31. The molecule has 2 heterocycles. The first-order valence-electron chi connectivity index (χ1n) is 9.24. The van der Waals surface area contributed by atoms with Crippen LogP contribution < -0.4 is 10.1 Å². The van der Waals surface area contributed by atoms with E-state index in [2.05, 4.69) is 17.3 Å². The Morgan fingerprint density at radius 2 is 2.31 bits per heavy atom. The van der Waals surface area contributed by atoms with Crippen LogP contribution in [0.1, 0.15) is 36.8 Å². The average molecular weight is 357 g/mol. The summed E-state index contributed by atoms with van der Waals surface area (Å²) in [5.41, 5.74) is 2.24. The summed E-state index contributed by atoms with van der Waals surface area (Å²) in [6.07, 6.45) is 5.57. The second-order valence-electron chi connectivity index (χ2n) is 6.75. The Bertz CT molecular complexity index is 723. The lowest BCUT2D eigenvalue weighted by molar-refractivity contribution is -0.122. The van der Waals surface area contributed by atoms with Gasteiger partial charge in [-0.25, -0.2) is 0 Å². The van der Waals surface area contributed by atoms with Crippen LogP contribution in [0, 0.1) is 6.92 Å². The number of para-hydroxylation sites is 1. The van der Waals surface area contributed by atoms with Crippen molar-refractivity contribution in [2.75, 3.05) is 19.8 Å². The highest BCUT2D eigenvalue weighted by atomic mass is 16.5. The Labute approximate surface area is 154 Å². The summed E-state index contributed by atoms with van der Waals surface area (Å²) >= 11 is 0. The summed E-state index contributed by atoms with van der Waals surface area (Å²) in [6, 6.07) is 7.92. The van der Waals surface area contributed by atoms with E-state index in [0.717, 1.165) is 42.9 Å². The van der Waals surface area contributed by atoms with Crippen molar-refractivity contribution in [3.05, 3.63) is 47.8 Å². The van der Waals surface area contributed by atoms with Crippen LogP contribution in [0.2, 0.25) is 0 Å². The molecule has 140 valence electrons. The second-order valence-corrected chi connectivity index (χ2v) is 6.75. The normalized spacial score (nSPS) is 17.8.